The predicted octanol–water partition coefficient (Wildman–Crippen LogP) is 5.15. The number of rotatable bonds is 6. The van der Waals surface area contributed by atoms with Crippen molar-refractivity contribution in [2.24, 2.45) is 11.7 Å². The summed E-state index contributed by atoms with van der Waals surface area (Å²) < 4.78 is 15.4. The van der Waals surface area contributed by atoms with Crippen LogP contribution < -0.4 is 16.0 Å². The van der Waals surface area contributed by atoms with Gasteiger partial charge in [-0.25, -0.2) is 4.39 Å². The van der Waals surface area contributed by atoms with Gasteiger partial charge in [0.2, 0.25) is 0 Å². The number of hydrogen-bond donors (Lipinski definition) is 3. The number of nitrogens with two attached hydrogens (primary N) is 1. The molecule has 40 heavy (non-hydrogen) atoms. The van der Waals surface area contributed by atoms with E-state index in [9.17, 15) is 9.59 Å². The molecule has 2 aromatic carbocycles. The molecule has 0 bridgehead atoms. The molecule has 1 fully saturated rings. The van der Waals surface area contributed by atoms with E-state index in [1.807, 2.05) is 50.2 Å². The molecular weight excluding hydrogens is 503 g/mol. The van der Waals surface area contributed by atoms with Crippen LogP contribution in [0.3, 0.4) is 0 Å². The molecule has 0 atom stereocenters. The smallest absolute Gasteiger partial charge is 0.259 e. The molecule has 6 nitrogen and oxygen atoms in total. The molecule has 1 aliphatic carbocycles. The van der Waals surface area contributed by atoms with Crippen molar-refractivity contribution in [2.75, 3.05) is 18.0 Å². The van der Waals surface area contributed by atoms with Gasteiger partial charge in [0.15, 0.2) is 0 Å². The van der Waals surface area contributed by atoms with Gasteiger partial charge in [-0.05, 0) is 80.9 Å². The molecule has 0 unspecified atom stereocenters. The quantitative estimate of drug-likeness (QED) is 0.299. The van der Waals surface area contributed by atoms with Gasteiger partial charge in [0.05, 0.1) is 23.4 Å². The lowest BCUT2D eigenvalue weighted by atomic mass is 9.86. The van der Waals surface area contributed by atoms with Crippen LogP contribution in [-0.4, -0.2) is 35.9 Å². The maximum absolute atomic E-state index is 15.4. The number of benzene rings is 2. The van der Waals surface area contributed by atoms with E-state index in [4.69, 9.17) is 5.73 Å². The third kappa shape index (κ3) is 6.03. The fraction of sp³-hybridized carbons (Fsp3) is 0.333. The molecule has 5 rings (SSSR count). The molecule has 1 aromatic heterocycles. The monoisotopic (exact) mass is 538 g/mol. The number of carbonyl (C=O) groups is 2. The topological polar surface area (TPSA) is 91.2 Å². The summed E-state index contributed by atoms with van der Waals surface area (Å²) in [6.07, 6.45) is 6.08. The number of aromatic amines is 1. The van der Waals surface area contributed by atoms with Crippen LogP contribution in [0.15, 0.2) is 48.5 Å². The molecule has 1 saturated carbocycles. The fourth-order valence-electron chi connectivity index (χ4n) is 5.58. The first-order chi connectivity index (χ1) is 19.3. The van der Waals surface area contributed by atoms with Crippen molar-refractivity contribution in [3.05, 3.63) is 88.0 Å². The third-order valence-electron chi connectivity index (χ3n) is 7.79. The first-order valence-electron chi connectivity index (χ1n) is 13.9. The van der Waals surface area contributed by atoms with Crippen LogP contribution in [0.2, 0.25) is 0 Å². The average molecular weight is 539 g/mol. The predicted molar refractivity (Wildman–Crippen MR) is 157 cm³/mol. The molecule has 3 aromatic rings. The van der Waals surface area contributed by atoms with Crippen molar-refractivity contribution in [3.8, 4) is 11.8 Å². The van der Waals surface area contributed by atoms with E-state index in [2.05, 4.69) is 22.1 Å². The van der Waals surface area contributed by atoms with E-state index in [-0.39, 0.29) is 24.1 Å². The standard InChI is InChI=1S/C33H35FN4O2/c1-21-16-22(2)37-30(21)18-27-26-17-29(34)28(32(39)36-15-7-6-10-23-8-4-3-5-9-23)19-31(26)38(33(27)40)20-24-11-13-25(35)14-12-24/h3-5,8-9,16-19,24-25,37H,10-15,20,35H2,1-2H3,(H,36,39)/b27-18-. The van der Waals surface area contributed by atoms with Gasteiger partial charge in [0.1, 0.15) is 5.82 Å². The van der Waals surface area contributed by atoms with Crippen molar-refractivity contribution in [3.63, 3.8) is 0 Å². The van der Waals surface area contributed by atoms with E-state index in [0.29, 0.717) is 35.7 Å². The molecular formula is C33H35FN4O2. The Balaban J connectivity index is 1.40. The molecule has 7 heteroatoms. The Morgan fingerprint density at radius 1 is 1.12 bits per heavy atom. The first kappa shape index (κ1) is 27.4. The summed E-state index contributed by atoms with van der Waals surface area (Å²) in [6.45, 7) is 4.53. The van der Waals surface area contributed by atoms with Crippen LogP contribution in [0.25, 0.3) is 11.6 Å². The maximum atomic E-state index is 15.4. The largest absolute Gasteiger partial charge is 0.359 e. The van der Waals surface area contributed by atoms with Gasteiger partial charge in [-0.2, -0.15) is 0 Å². The zero-order valence-electron chi connectivity index (χ0n) is 23.0. The minimum atomic E-state index is -0.669. The van der Waals surface area contributed by atoms with Crippen molar-refractivity contribution in [1.29, 1.82) is 0 Å². The number of hydrogen-bond acceptors (Lipinski definition) is 3. The van der Waals surface area contributed by atoms with Crippen molar-refractivity contribution >= 4 is 29.2 Å². The molecule has 206 valence electrons. The van der Waals surface area contributed by atoms with Crippen LogP contribution in [-0.2, 0) is 11.2 Å². The summed E-state index contributed by atoms with van der Waals surface area (Å²) >= 11 is 0. The Morgan fingerprint density at radius 2 is 1.88 bits per heavy atom. The zero-order valence-corrected chi connectivity index (χ0v) is 23.0. The zero-order chi connectivity index (χ0) is 28.2. The normalized spacial score (nSPS) is 19.4. The van der Waals surface area contributed by atoms with Gasteiger partial charge < -0.3 is 20.9 Å². The number of halogens is 1. The minimum Gasteiger partial charge on any atom is -0.359 e. The van der Waals surface area contributed by atoms with Gasteiger partial charge in [0, 0.05) is 36.0 Å². The minimum absolute atomic E-state index is 0.0970. The second-order valence-corrected chi connectivity index (χ2v) is 10.9. The number of fused-ring (bicyclic) bond motifs is 1. The number of aryl methyl sites for hydroxylation is 2. The highest BCUT2D eigenvalue weighted by molar-refractivity contribution is 6.36. The highest BCUT2D eigenvalue weighted by Crippen LogP contribution is 2.41. The number of aromatic nitrogens is 1. The first-order valence-corrected chi connectivity index (χ1v) is 13.9. The van der Waals surface area contributed by atoms with E-state index in [1.165, 1.54) is 12.1 Å². The van der Waals surface area contributed by atoms with Gasteiger partial charge in [-0.1, -0.05) is 42.2 Å². The Kier molecular flexibility index (Phi) is 8.18. The number of amides is 2. The van der Waals surface area contributed by atoms with Crippen molar-refractivity contribution in [2.45, 2.75) is 52.0 Å². The Bertz CT molecular complexity index is 1500. The van der Waals surface area contributed by atoms with Crippen LogP contribution >= 0.6 is 0 Å². The summed E-state index contributed by atoms with van der Waals surface area (Å²) in [4.78, 5) is 31.7. The van der Waals surface area contributed by atoms with E-state index < -0.39 is 11.7 Å². The lowest BCUT2D eigenvalue weighted by Crippen LogP contribution is -2.36. The van der Waals surface area contributed by atoms with Gasteiger partial charge in [-0.15, -0.1) is 0 Å². The van der Waals surface area contributed by atoms with E-state index in [1.54, 1.807) is 11.0 Å². The van der Waals surface area contributed by atoms with Crippen molar-refractivity contribution in [1.82, 2.24) is 10.3 Å². The molecule has 0 saturated heterocycles. The van der Waals surface area contributed by atoms with Crippen LogP contribution in [0.4, 0.5) is 10.1 Å². The summed E-state index contributed by atoms with van der Waals surface area (Å²) in [7, 11) is 0. The van der Waals surface area contributed by atoms with Crippen LogP contribution in [0.5, 0.6) is 0 Å². The van der Waals surface area contributed by atoms with Crippen LogP contribution in [0.1, 0.15) is 64.1 Å². The van der Waals surface area contributed by atoms with E-state index >= 15 is 4.39 Å². The summed E-state index contributed by atoms with van der Waals surface area (Å²) in [5.74, 6) is 4.85. The Hall–Kier alpha value is -4.15. The van der Waals surface area contributed by atoms with Crippen molar-refractivity contribution < 1.29 is 14.0 Å². The van der Waals surface area contributed by atoms with Gasteiger partial charge in [0.25, 0.3) is 11.8 Å². The number of nitrogens with zero attached hydrogens (tertiary/aromatic N) is 1. The summed E-state index contributed by atoms with van der Waals surface area (Å²) in [5.41, 5.74) is 11.4. The van der Waals surface area contributed by atoms with Gasteiger partial charge in [-0.3, -0.25) is 9.59 Å². The lowest BCUT2D eigenvalue weighted by Gasteiger charge is -2.30. The number of nitrogens with one attached hydrogen (secondary N) is 2. The summed E-state index contributed by atoms with van der Waals surface area (Å²) in [5, 5.41) is 2.70. The maximum Gasteiger partial charge on any atom is 0.259 e. The van der Waals surface area contributed by atoms with E-state index in [0.717, 1.165) is 48.2 Å². The highest BCUT2D eigenvalue weighted by atomic mass is 19.1. The van der Waals surface area contributed by atoms with Gasteiger partial charge >= 0.3 is 0 Å². The second-order valence-electron chi connectivity index (χ2n) is 10.9. The number of carbonyl (C=O) groups excluding carboxylic acids is 2. The fourth-order valence-corrected chi connectivity index (χ4v) is 5.58. The molecule has 2 heterocycles. The average Bonchev–Trinajstić information content (AvgIpc) is 3.39. The number of H-pyrrole nitrogens is 1. The number of anilines is 1. The molecule has 1 aliphatic heterocycles. The third-order valence-corrected chi connectivity index (χ3v) is 7.79. The second kappa shape index (κ2) is 11.9. The lowest BCUT2D eigenvalue weighted by molar-refractivity contribution is -0.113. The molecule has 0 radical (unpaired) electrons. The molecule has 0 spiro atoms. The Labute approximate surface area is 234 Å². The summed E-state index contributed by atoms with van der Waals surface area (Å²) in [6, 6.07) is 14.9. The molecule has 2 aliphatic rings. The molecule has 2 amide bonds. The Morgan fingerprint density at radius 3 is 2.58 bits per heavy atom. The SMILES string of the molecule is Cc1cc(C)c(/C=C2\C(=O)N(CC3CCC(N)CC3)c3cc(C(=O)NCC#CCc4ccccc4)c(F)cc32)[nH]1. The molecule has 4 N–H and O–H groups in total. The van der Waals surface area contributed by atoms with Crippen LogP contribution in [0, 0.1) is 37.4 Å². The highest BCUT2D eigenvalue weighted by Gasteiger charge is 2.36.